The number of hydrogen-bond donors (Lipinski definition) is 2. The summed E-state index contributed by atoms with van der Waals surface area (Å²) >= 11 is 0. The summed E-state index contributed by atoms with van der Waals surface area (Å²) in [5.74, 6) is -2.77. The van der Waals surface area contributed by atoms with Crippen molar-refractivity contribution in [3.05, 3.63) is 47.9 Å². The summed E-state index contributed by atoms with van der Waals surface area (Å²) in [4.78, 5) is 18.7. The van der Waals surface area contributed by atoms with Crippen molar-refractivity contribution in [2.45, 2.75) is 44.2 Å². The van der Waals surface area contributed by atoms with Crippen LogP contribution in [0.25, 0.3) is 22.0 Å². The monoisotopic (exact) mass is 411 g/mol. The fourth-order valence-corrected chi connectivity index (χ4v) is 4.11. The van der Waals surface area contributed by atoms with Gasteiger partial charge in [0.15, 0.2) is 5.69 Å². The quantitative estimate of drug-likeness (QED) is 0.671. The van der Waals surface area contributed by atoms with E-state index in [2.05, 4.69) is 20.5 Å². The molecule has 2 aliphatic rings. The Balaban J connectivity index is 1.39. The van der Waals surface area contributed by atoms with E-state index in [1.54, 1.807) is 17.3 Å². The number of carbonyl (C=O) groups is 1. The molecule has 2 N–H and O–H groups in total. The van der Waals surface area contributed by atoms with Crippen molar-refractivity contribution < 1.29 is 13.6 Å². The molecule has 2 aromatic heterocycles. The van der Waals surface area contributed by atoms with Crippen LogP contribution >= 0.6 is 0 Å². The fraction of sp³-hybridized carbons (Fsp3) is 0.409. The Morgan fingerprint density at radius 3 is 2.83 bits per heavy atom. The standard InChI is InChI=1S/C22H23F2N5O/c23-22(24)6-7-29(13-22)12-14-8-16(11-25-10-14)15-4-5-19-18(9-15)20(28-27-19)21(30)26-17-2-1-3-17/h4-5,8-11,17H,1-3,6-7,12-13H2,(H,26,30)(H,27,28). The predicted molar refractivity (Wildman–Crippen MR) is 109 cm³/mol. The topological polar surface area (TPSA) is 73.9 Å². The zero-order valence-corrected chi connectivity index (χ0v) is 16.5. The highest BCUT2D eigenvalue weighted by Crippen LogP contribution is 2.29. The lowest BCUT2D eigenvalue weighted by Gasteiger charge is -2.25. The summed E-state index contributed by atoms with van der Waals surface area (Å²) in [5.41, 5.74) is 3.86. The largest absolute Gasteiger partial charge is 0.348 e. The average Bonchev–Trinajstić information content (AvgIpc) is 3.27. The molecule has 0 unspecified atom stereocenters. The van der Waals surface area contributed by atoms with Gasteiger partial charge in [-0.05, 0) is 48.6 Å². The SMILES string of the molecule is O=C(NC1CCC1)c1n[nH]c2ccc(-c3cncc(CN4CCC(F)(F)C4)c3)cc12. The number of carbonyl (C=O) groups excluding carboxylic acids is 1. The molecule has 1 aliphatic carbocycles. The molecule has 8 heteroatoms. The summed E-state index contributed by atoms with van der Waals surface area (Å²) < 4.78 is 26.9. The molecule has 2 fully saturated rings. The average molecular weight is 411 g/mol. The molecule has 30 heavy (non-hydrogen) atoms. The van der Waals surface area contributed by atoms with Crippen LogP contribution in [0.2, 0.25) is 0 Å². The minimum Gasteiger partial charge on any atom is -0.348 e. The maximum Gasteiger partial charge on any atom is 0.272 e. The summed E-state index contributed by atoms with van der Waals surface area (Å²) in [6, 6.07) is 7.98. The highest BCUT2D eigenvalue weighted by Gasteiger charge is 2.37. The number of amides is 1. The van der Waals surface area contributed by atoms with Crippen molar-refractivity contribution in [2.24, 2.45) is 0 Å². The Morgan fingerprint density at radius 1 is 1.23 bits per heavy atom. The number of aromatic amines is 1. The van der Waals surface area contributed by atoms with Gasteiger partial charge >= 0.3 is 0 Å². The molecule has 1 aromatic carbocycles. The molecule has 5 rings (SSSR count). The van der Waals surface area contributed by atoms with Gasteiger partial charge in [-0.2, -0.15) is 5.10 Å². The van der Waals surface area contributed by atoms with Gasteiger partial charge in [-0.15, -0.1) is 0 Å². The van der Waals surface area contributed by atoms with Crippen molar-refractivity contribution in [3.63, 3.8) is 0 Å². The predicted octanol–water partition coefficient (Wildman–Crippen LogP) is 3.75. The zero-order valence-electron chi connectivity index (χ0n) is 16.5. The lowest BCUT2D eigenvalue weighted by Crippen LogP contribution is -2.39. The second-order valence-corrected chi connectivity index (χ2v) is 8.33. The van der Waals surface area contributed by atoms with Crippen molar-refractivity contribution in [1.29, 1.82) is 0 Å². The van der Waals surface area contributed by atoms with Gasteiger partial charge in [0.1, 0.15) is 0 Å². The first-order valence-electron chi connectivity index (χ1n) is 10.3. The smallest absolute Gasteiger partial charge is 0.272 e. The number of likely N-dealkylation sites (tertiary alicyclic amines) is 1. The van der Waals surface area contributed by atoms with E-state index >= 15 is 0 Å². The number of pyridine rings is 1. The highest BCUT2D eigenvalue weighted by molar-refractivity contribution is 6.05. The van der Waals surface area contributed by atoms with Crippen molar-refractivity contribution in [1.82, 2.24) is 25.4 Å². The van der Waals surface area contributed by atoms with Gasteiger partial charge < -0.3 is 5.32 Å². The first kappa shape index (κ1) is 19.1. The van der Waals surface area contributed by atoms with Gasteiger partial charge in [0, 0.05) is 48.9 Å². The number of nitrogens with zero attached hydrogens (tertiary/aromatic N) is 3. The third kappa shape index (κ3) is 3.79. The van der Waals surface area contributed by atoms with E-state index in [-0.39, 0.29) is 24.9 Å². The Hall–Kier alpha value is -2.87. The number of aromatic nitrogens is 3. The Kier molecular flexibility index (Phi) is 4.73. The molecule has 3 heterocycles. The number of rotatable bonds is 5. The van der Waals surface area contributed by atoms with Crippen LogP contribution in [0, 0.1) is 0 Å². The lowest BCUT2D eigenvalue weighted by atomic mass is 9.93. The molecule has 0 bridgehead atoms. The molecule has 0 radical (unpaired) electrons. The summed E-state index contributed by atoms with van der Waals surface area (Å²) in [6.07, 6.45) is 6.55. The Labute approximate surface area is 172 Å². The number of benzene rings is 1. The summed E-state index contributed by atoms with van der Waals surface area (Å²) in [6.45, 7) is 0.620. The molecule has 0 atom stereocenters. The van der Waals surface area contributed by atoms with E-state index in [1.165, 1.54) is 0 Å². The van der Waals surface area contributed by atoms with E-state index in [0.29, 0.717) is 18.8 Å². The Bertz CT molecular complexity index is 1090. The van der Waals surface area contributed by atoms with Crippen LogP contribution in [-0.4, -0.2) is 51.0 Å². The van der Waals surface area contributed by atoms with Crippen LogP contribution in [0.1, 0.15) is 41.7 Å². The minimum atomic E-state index is -2.60. The normalized spacial score (nSPS) is 19.1. The summed E-state index contributed by atoms with van der Waals surface area (Å²) in [7, 11) is 0. The first-order valence-corrected chi connectivity index (χ1v) is 10.3. The van der Waals surface area contributed by atoms with Crippen LogP contribution in [0.5, 0.6) is 0 Å². The van der Waals surface area contributed by atoms with Gasteiger partial charge in [0.25, 0.3) is 11.8 Å². The molecule has 6 nitrogen and oxygen atoms in total. The van der Waals surface area contributed by atoms with E-state index in [9.17, 15) is 13.6 Å². The van der Waals surface area contributed by atoms with Crippen molar-refractivity contribution >= 4 is 16.8 Å². The molecule has 1 saturated carbocycles. The second-order valence-electron chi connectivity index (χ2n) is 8.33. The molecule has 0 spiro atoms. The third-order valence-electron chi connectivity index (χ3n) is 6.00. The second kappa shape index (κ2) is 7.43. The van der Waals surface area contributed by atoms with Crippen LogP contribution in [0.4, 0.5) is 8.78 Å². The van der Waals surface area contributed by atoms with Crippen LogP contribution in [0.15, 0.2) is 36.7 Å². The van der Waals surface area contributed by atoms with Crippen LogP contribution in [-0.2, 0) is 6.54 Å². The molecular weight excluding hydrogens is 388 g/mol. The molecule has 1 aliphatic heterocycles. The molecular formula is C22H23F2N5O. The van der Waals surface area contributed by atoms with E-state index in [1.807, 2.05) is 24.3 Å². The number of nitrogens with one attached hydrogen (secondary N) is 2. The van der Waals surface area contributed by atoms with Gasteiger partial charge in [-0.1, -0.05) is 6.07 Å². The number of fused-ring (bicyclic) bond motifs is 1. The van der Waals surface area contributed by atoms with Crippen LogP contribution in [0.3, 0.4) is 0 Å². The fourth-order valence-electron chi connectivity index (χ4n) is 4.11. The number of halogens is 2. The van der Waals surface area contributed by atoms with Crippen molar-refractivity contribution in [3.8, 4) is 11.1 Å². The van der Waals surface area contributed by atoms with Gasteiger partial charge in [-0.25, -0.2) is 8.78 Å². The Morgan fingerprint density at radius 2 is 2.10 bits per heavy atom. The molecule has 3 aromatic rings. The van der Waals surface area contributed by atoms with Gasteiger partial charge in [0.05, 0.1) is 12.1 Å². The molecule has 156 valence electrons. The molecule has 1 amide bonds. The van der Waals surface area contributed by atoms with Gasteiger partial charge in [0.2, 0.25) is 0 Å². The number of H-pyrrole nitrogens is 1. The zero-order chi connectivity index (χ0) is 20.7. The highest BCUT2D eigenvalue weighted by atomic mass is 19.3. The summed E-state index contributed by atoms with van der Waals surface area (Å²) in [5, 5.41) is 10.9. The lowest BCUT2D eigenvalue weighted by molar-refractivity contribution is 0.0115. The van der Waals surface area contributed by atoms with Crippen LogP contribution < -0.4 is 5.32 Å². The number of alkyl halides is 2. The van der Waals surface area contributed by atoms with E-state index < -0.39 is 5.92 Å². The minimum absolute atomic E-state index is 0.0943. The van der Waals surface area contributed by atoms with Gasteiger partial charge in [-0.3, -0.25) is 19.8 Å². The first-order chi connectivity index (χ1) is 14.5. The van der Waals surface area contributed by atoms with Crippen molar-refractivity contribution in [2.75, 3.05) is 13.1 Å². The molecule has 1 saturated heterocycles. The maximum atomic E-state index is 13.5. The van der Waals surface area contributed by atoms with E-state index in [4.69, 9.17) is 0 Å². The van der Waals surface area contributed by atoms with E-state index in [0.717, 1.165) is 46.9 Å². The third-order valence-corrected chi connectivity index (χ3v) is 6.00. The maximum absolute atomic E-state index is 13.5. The number of hydrogen-bond acceptors (Lipinski definition) is 4.